The van der Waals surface area contributed by atoms with Gasteiger partial charge in [-0.25, -0.2) is 4.98 Å². The lowest BCUT2D eigenvalue weighted by Crippen LogP contribution is -2.34. The van der Waals surface area contributed by atoms with E-state index in [2.05, 4.69) is 27.8 Å². The second kappa shape index (κ2) is 5.31. The molecule has 0 aromatic carbocycles. The minimum atomic E-state index is 0.295. The first kappa shape index (κ1) is 12.6. The van der Waals surface area contributed by atoms with Crippen molar-refractivity contribution in [2.75, 3.05) is 6.61 Å². The highest BCUT2D eigenvalue weighted by molar-refractivity contribution is 5.42. The summed E-state index contributed by atoms with van der Waals surface area (Å²) in [5.41, 5.74) is 3.30. The van der Waals surface area contributed by atoms with Gasteiger partial charge in [0.2, 0.25) is 0 Å². The van der Waals surface area contributed by atoms with Gasteiger partial charge in [-0.1, -0.05) is 12.5 Å². The summed E-state index contributed by atoms with van der Waals surface area (Å²) in [5, 5.41) is 13.0. The number of pyridine rings is 1. The van der Waals surface area contributed by atoms with Gasteiger partial charge in [-0.05, 0) is 37.8 Å². The van der Waals surface area contributed by atoms with Crippen molar-refractivity contribution in [3.8, 4) is 0 Å². The summed E-state index contributed by atoms with van der Waals surface area (Å²) in [5.74, 6) is 0.416. The zero-order valence-corrected chi connectivity index (χ0v) is 11.3. The first-order valence-electron chi connectivity index (χ1n) is 7.06. The smallest absolute Gasteiger partial charge is 0.137 e. The predicted molar refractivity (Wildman–Crippen MR) is 75.0 cm³/mol. The Bertz CT molecular complexity index is 564. The van der Waals surface area contributed by atoms with Crippen LogP contribution in [0.5, 0.6) is 0 Å². The number of aryl methyl sites for hydroxylation is 1. The maximum Gasteiger partial charge on any atom is 0.137 e. The third kappa shape index (κ3) is 2.38. The molecule has 1 aliphatic rings. The molecule has 2 aromatic rings. The SMILES string of the molecule is Cc1nc2ccccn2c1CNC1CCCC1CO. The standard InChI is InChI=1S/C15H21N3O/c1-11-14(18-8-3-2-7-15(18)17-11)9-16-13-6-4-5-12(13)10-19/h2-3,7-8,12-13,16,19H,4-6,9-10H2,1H3. The molecule has 0 amide bonds. The summed E-state index contributed by atoms with van der Waals surface area (Å²) in [7, 11) is 0. The van der Waals surface area contributed by atoms with Crippen LogP contribution < -0.4 is 5.32 Å². The van der Waals surface area contributed by atoms with Crippen LogP contribution in [0.3, 0.4) is 0 Å². The molecule has 4 heteroatoms. The van der Waals surface area contributed by atoms with Crippen molar-refractivity contribution >= 4 is 5.65 Å². The summed E-state index contributed by atoms with van der Waals surface area (Å²) < 4.78 is 2.14. The molecular weight excluding hydrogens is 238 g/mol. The highest BCUT2D eigenvalue weighted by Gasteiger charge is 2.26. The van der Waals surface area contributed by atoms with E-state index in [9.17, 15) is 5.11 Å². The van der Waals surface area contributed by atoms with Crippen LogP contribution in [0.1, 0.15) is 30.7 Å². The maximum absolute atomic E-state index is 9.36. The van der Waals surface area contributed by atoms with Gasteiger partial charge in [0.15, 0.2) is 0 Å². The molecule has 102 valence electrons. The largest absolute Gasteiger partial charge is 0.396 e. The van der Waals surface area contributed by atoms with Crippen LogP contribution in [0, 0.1) is 12.8 Å². The van der Waals surface area contributed by atoms with Crippen molar-refractivity contribution in [1.29, 1.82) is 0 Å². The van der Waals surface area contributed by atoms with E-state index in [1.54, 1.807) is 0 Å². The van der Waals surface area contributed by atoms with Crippen LogP contribution in [0.4, 0.5) is 0 Å². The van der Waals surface area contributed by atoms with E-state index >= 15 is 0 Å². The normalized spacial score (nSPS) is 23.3. The van der Waals surface area contributed by atoms with E-state index in [4.69, 9.17) is 0 Å². The van der Waals surface area contributed by atoms with Crippen molar-refractivity contribution < 1.29 is 5.11 Å². The highest BCUT2D eigenvalue weighted by atomic mass is 16.3. The number of aliphatic hydroxyl groups excluding tert-OH is 1. The molecule has 0 aliphatic heterocycles. The Labute approximate surface area is 113 Å². The average molecular weight is 259 g/mol. The third-order valence-electron chi connectivity index (χ3n) is 4.25. The molecule has 1 fully saturated rings. The summed E-state index contributed by atoms with van der Waals surface area (Å²) in [6.07, 6.45) is 5.58. The second-order valence-electron chi connectivity index (χ2n) is 5.43. The monoisotopic (exact) mass is 259 g/mol. The van der Waals surface area contributed by atoms with Crippen molar-refractivity contribution in [2.45, 2.75) is 38.8 Å². The fourth-order valence-corrected chi connectivity index (χ4v) is 3.13. The van der Waals surface area contributed by atoms with Crippen molar-refractivity contribution in [3.63, 3.8) is 0 Å². The fourth-order valence-electron chi connectivity index (χ4n) is 3.13. The average Bonchev–Trinajstić information content (AvgIpc) is 2.99. The third-order valence-corrected chi connectivity index (χ3v) is 4.25. The lowest BCUT2D eigenvalue weighted by atomic mass is 10.1. The molecule has 2 N–H and O–H groups in total. The van der Waals surface area contributed by atoms with Crippen molar-refractivity contribution in [1.82, 2.24) is 14.7 Å². The molecule has 19 heavy (non-hydrogen) atoms. The highest BCUT2D eigenvalue weighted by Crippen LogP contribution is 2.25. The Hall–Kier alpha value is -1.39. The van der Waals surface area contributed by atoms with Gasteiger partial charge in [0.1, 0.15) is 5.65 Å². The lowest BCUT2D eigenvalue weighted by Gasteiger charge is -2.19. The van der Waals surface area contributed by atoms with Crippen LogP contribution in [0.15, 0.2) is 24.4 Å². The Morgan fingerprint density at radius 1 is 1.42 bits per heavy atom. The molecule has 2 aromatic heterocycles. The van der Waals surface area contributed by atoms with Crippen LogP contribution >= 0.6 is 0 Å². The summed E-state index contributed by atoms with van der Waals surface area (Å²) in [6.45, 7) is 3.17. The summed E-state index contributed by atoms with van der Waals surface area (Å²) in [6, 6.07) is 6.52. The first-order chi connectivity index (χ1) is 9.29. The molecule has 0 bridgehead atoms. The molecule has 2 heterocycles. The Morgan fingerprint density at radius 2 is 2.32 bits per heavy atom. The minimum absolute atomic E-state index is 0.295. The molecule has 4 nitrogen and oxygen atoms in total. The van der Waals surface area contributed by atoms with Gasteiger partial charge in [0, 0.05) is 25.4 Å². The van der Waals surface area contributed by atoms with E-state index in [0.717, 1.165) is 24.3 Å². The van der Waals surface area contributed by atoms with Crippen LogP contribution in [-0.4, -0.2) is 27.1 Å². The molecule has 2 unspecified atom stereocenters. The molecule has 0 radical (unpaired) electrons. The number of fused-ring (bicyclic) bond motifs is 1. The second-order valence-corrected chi connectivity index (χ2v) is 5.43. The Balaban J connectivity index is 1.76. The number of hydrogen-bond acceptors (Lipinski definition) is 3. The zero-order chi connectivity index (χ0) is 13.2. The number of rotatable bonds is 4. The van der Waals surface area contributed by atoms with Gasteiger partial charge < -0.3 is 14.8 Å². The van der Waals surface area contributed by atoms with Gasteiger partial charge in [-0.3, -0.25) is 0 Å². The molecule has 0 spiro atoms. The number of imidazole rings is 1. The Kier molecular flexibility index (Phi) is 3.53. The molecule has 1 saturated carbocycles. The van der Waals surface area contributed by atoms with E-state index in [-0.39, 0.29) is 0 Å². The maximum atomic E-state index is 9.36. The minimum Gasteiger partial charge on any atom is -0.396 e. The zero-order valence-electron chi connectivity index (χ0n) is 11.3. The van der Waals surface area contributed by atoms with Gasteiger partial charge >= 0.3 is 0 Å². The number of hydrogen-bond donors (Lipinski definition) is 2. The van der Waals surface area contributed by atoms with Crippen LogP contribution in [0.25, 0.3) is 5.65 Å². The van der Waals surface area contributed by atoms with E-state index in [1.807, 2.05) is 18.2 Å². The molecule has 3 rings (SSSR count). The van der Waals surface area contributed by atoms with Crippen molar-refractivity contribution in [2.24, 2.45) is 5.92 Å². The van der Waals surface area contributed by atoms with Gasteiger partial charge in [0.25, 0.3) is 0 Å². The number of nitrogens with zero attached hydrogens (tertiary/aromatic N) is 2. The summed E-state index contributed by atoms with van der Waals surface area (Å²) in [4.78, 5) is 4.57. The molecular formula is C15H21N3O. The number of aliphatic hydroxyl groups is 1. The predicted octanol–water partition coefficient (Wildman–Crippen LogP) is 1.89. The van der Waals surface area contributed by atoms with Gasteiger partial charge in [0.05, 0.1) is 11.4 Å². The molecule has 0 saturated heterocycles. The first-order valence-corrected chi connectivity index (χ1v) is 7.06. The number of aromatic nitrogens is 2. The molecule has 1 aliphatic carbocycles. The van der Waals surface area contributed by atoms with E-state index < -0.39 is 0 Å². The summed E-state index contributed by atoms with van der Waals surface area (Å²) >= 11 is 0. The molecule has 2 atom stereocenters. The van der Waals surface area contributed by atoms with Crippen LogP contribution in [-0.2, 0) is 6.54 Å². The van der Waals surface area contributed by atoms with Gasteiger partial charge in [-0.15, -0.1) is 0 Å². The number of nitrogens with one attached hydrogen (secondary N) is 1. The lowest BCUT2D eigenvalue weighted by molar-refractivity contribution is 0.205. The van der Waals surface area contributed by atoms with Crippen LogP contribution in [0.2, 0.25) is 0 Å². The van der Waals surface area contributed by atoms with Gasteiger partial charge in [-0.2, -0.15) is 0 Å². The van der Waals surface area contributed by atoms with Crippen molar-refractivity contribution in [3.05, 3.63) is 35.8 Å². The fraction of sp³-hybridized carbons (Fsp3) is 0.533. The quantitative estimate of drug-likeness (QED) is 0.881. The van der Waals surface area contributed by atoms with E-state index in [0.29, 0.717) is 18.6 Å². The Morgan fingerprint density at radius 3 is 3.16 bits per heavy atom. The van der Waals surface area contributed by atoms with E-state index in [1.165, 1.54) is 18.5 Å². The topological polar surface area (TPSA) is 49.6 Å².